The number of fused-ring (bicyclic) bond motifs is 2. The second-order valence-electron chi connectivity index (χ2n) is 11.1. The number of oxazole rings is 1. The number of carbonyl (C=O) groups is 1. The molecule has 1 aromatic heterocycles. The van der Waals surface area contributed by atoms with Crippen molar-refractivity contribution < 1.29 is 36.9 Å². The first-order chi connectivity index (χ1) is 19.6. The number of aromatic nitrogens is 1. The average molecular weight is 588 g/mol. The van der Waals surface area contributed by atoms with Gasteiger partial charge in [-0.25, -0.2) is 18.2 Å². The van der Waals surface area contributed by atoms with Crippen molar-refractivity contribution in [1.29, 1.82) is 0 Å². The molecular weight excluding hydrogens is 550 g/mol. The molecule has 41 heavy (non-hydrogen) atoms. The van der Waals surface area contributed by atoms with Crippen LogP contribution in [0.2, 0.25) is 0 Å². The summed E-state index contributed by atoms with van der Waals surface area (Å²) in [5.41, 5.74) is 1.80. The molecule has 2 fully saturated rings. The van der Waals surface area contributed by atoms with Crippen molar-refractivity contribution in [1.82, 2.24) is 14.6 Å². The van der Waals surface area contributed by atoms with Crippen molar-refractivity contribution in [2.45, 2.75) is 63.0 Å². The topological polar surface area (TPSA) is 140 Å². The van der Waals surface area contributed by atoms with Gasteiger partial charge in [-0.1, -0.05) is 44.2 Å². The fourth-order valence-corrected chi connectivity index (χ4v) is 7.00. The highest BCUT2D eigenvalue weighted by atomic mass is 32.2. The van der Waals surface area contributed by atoms with Crippen LogP contribution in [0.5, 0.6) is 0 Å². The van der Waals surface area contributed by atoms with Gasteiger partial charge in [-0.15, -0.1) is 0 Å². The average Bonchev–Trinajstić information content (AvgIpc) is 3.64. The second-order valence-corrected chi connectivity index (χ2v) is 13.0. The van der Waals surface area contributed by atoms with Crippen LogP contribution in [0.1, 0.15) is 31.7 Å². The summed E-state index contributed by atoms with van der Waals surface area (Å²) in [5.74, 6) is 0.379. The summed E-state index contributed by atoms with van der Waals surface area (Å²) in [6.07, 6.45) is -1.75. The lowest BCUT2D eigenvalue weighted by molar-refractivity contribution is -0.0907. The van der Waals surface area contributed by atoms with Crippen molar-refractivity contribution in [3.8, 4) is 0 Å². The molecule has 1 amide bonds. The summed E-state index contributed by atoms with van der Waals surface area (Å²) in [6.45, 7) is 6.21. The largest absolute Gasteiger partial charge is 0.443 e. The van der Waals surface area contributed by atoms with Crippen molar-refractivity contribution in [3.63, 3.8) is 0 Å². The summed E-state index contributed by atoms with van der Waals surface area (Å²) in [7, 11) is -4.03. The lowest BCUT2D eigenvalue weighted by atomic mass is 10.0. The number of aliphatic hydroxyl groups excluding tert-OH is 1. The number of aliphatic hydroxyl groups is 1. The van der Waals surface area contributed by atoms with Crippen LogP contribution in [0.25, 0.3) is 11.1 Å². The molecule has 2 aliphatic rings. The zero-order valence-corrected chi connectivity index (χ0v) is 24.2. The molecule has 0 radical (unpaired) electrons. The summed E-state index contributed by atoms with van der Waals surface area (Å²) < 4.78 is 51.2. The van der Waals surface area contributed by atoms with Crippen LogP contribution in [0.15, 0.2) is 57.8 Å². The minimum absolute atomic E-state index is 0.0253. The van der Waals surface area contributed by atoms with Gasteiger partial charge in [-0.2, -0.15) is 4.31 Å². The fourth-order valence-electron chi connectivity index (χ4n) is 5.37. The van der Waals surface area contributed by atoms with Gasteiger partial charge in [0, 0.05) is 26.1 Å². The summed E-state index contributed by atoms with van der Waals surface area (Å²) in [4.78, 5) is 17.3. The van der Waals surface area contributed by atoms with Gasteiger partial charge in [0.25, 0.3) is 0 Å². The van der Waals surface area contributed by atoms with Gasteiger partial charge in [0.2, 0.25) is 10.0 Å². The normalized spacial score (nSPS) is 22.2. The van der Waals surface area contributed by atoms with Crippen LogP contribution in [-0.4, -0.2) is 79.7 Å². The maximum absolute atomic E-state index is 13.8. The van der Waals surface area contributed by atoms with Gasteiger partial charge in [0.15, 0.2) is 17.8 Å². The predicted molar refractivity (Wildman–Crippen MR) is 149 cm³/mol. The van der Waals surface area contributed by atoms with E-state index in [-0.39, 0.29) is 49.1 Å². The number of aryl methyl sites for hydroxylation is 1. The predicted octanol–water partition coefficient (Wildman–Crippen LogP) is 3.24. The number of nitrogens with one attached hydrogen (secondary N) is 1. The summed E-state index contributed by atoms with van der Waals surface area (Å²) >= 11 is 0. The van der Waals surface area contributed by atoms with Crippen LogP contribution in [0.4, 0.5) is 4.79 Å². The zero-order chi connectivity index (χ0) is 29.1. The Labute approximate surface area is 239 Å². The van der Waals surface area contributed by atoms with Gasteiger partial charge < -0.3 is 29.1 Å². The monoisotopic (exact) mass is 587 g/mol. The van der Waals surface area contributed by atoms with Crippen LogP contribution >= 0.6 is 0 Å². The molecule has 5 rings (SSSR count). The van der Waals surface area contributed by atoms with Gasteiger partial charge in [-0.3, -0.25) is 0 Å². The molecule has 2 saturated heterocycles. The van der Waals surface area contributed by atoms with Crippen LogP contribution < -0.4 is 5.32 Å². The van der Waals surface area contributed by atoms with E-state index in [4.69, 9.17) is 18.6 Å². The summed E-state index contributed by atoms with van der Waals surface area (Å²) in [5, 5.41) is 14.2. The van der Waals surface area contributed by atoms with Gasteiger partial charge in [0.1, 0.15) is 11.6 Å². The Bertz CT molecular complexity index is 1440. The number of alkyl carbamates (subject to hydrolysis) is 1. The van der Waals surface area contributed by atoms with Crippen LogP contribution in [-0.2, 0) is 30.7 Å². The van der Waals surface area contributed by atoms with Gasteiger partial charge in [-0.05, 0) is 36.5 Å². The lowest BCUT2D eigenvalue weighted by Crippen LogP contribution is -2.51. The van der Waals surface area contributed by atoms with Crippen molar-refractivity contribution in [3.05, 3.63) is 60.0 Å². The SMILES string of the molecule is Cc1nc2ccc(S(=O)(=O)N(CC(C)C)C[C@@H](O)[C@H](Cc3ccccc3)NC(=O)O[C@H]3CO[C@H]4OCCC43)cc2o1. The lowest BCUT2D eigenvalue weighted by Gasteiger charge is -2.31. The molecule has 0 bridgehead atoms. The molecule has 11 nitrogen and oxygen atoms in total. The van der Waals surface area contributed by atoms with Gasteiger partial charge in [0.05, 0.1) is 36.2 Å². The minimum atomic E-state index is -4.03. The number of rotatable bonds is 11. The molecule has 2 N–H and O–H groups in total. The third-order valence-electron chi connectivity index (χ3n) is 7.37. The van der Waals surface area contributed by atoms with E-state index in [1.54, 1.807) is 13.0 Å². The standard InChI is InChI=1S/C29H37N3O8S/c1-18(2)15-32(41(35,36)21-9-10-23-26(14-21)39-19(3)30-23)16-25(33)24(13-20-7-5-4-6-8-20)31-29(34)40-27-17-38-28-22(27)11-12-37-28/h4-10,14,18,22,24-25,27-28,33H,11-13,15-17H2,1-3H3,(H,31,34)/t22?,24-,25+,27-,28+/m0/s1. The van der Waals surface area contributed by atoms with E-state index < -0.39 is 34.4 Å². The molecule has 2 aliphatic heterocycles. The Morgan fingerprint density at radius 3 is 2.71 bits per heavy atom. The molecule has 222 valence electrons. The molecule has 2 aromatic carbocycles. The molecule has 12 heteroatoms. The number of nitrogens with zero attached hydrogens (tertiary/aromatic N) is 2. The van der Waals surface area contributed by atoms with E-state index in [2.05, 4.69) is 10.3 Å². The number of sulfonamides is 1. The quantitative estimate of drug-likeness (QED) is 0.346. The van der Waals surface area contributed by atoms with Crippen LogP contribution in [0.3, 0.4) is 0 Å². The first-order valence-electron chi connectivity index (χ1n) is 13.9. The molecule has 3 aromatic rings. The maximum Gasteiger partial charge on any atom is 0.407 e. The third kappa shape index (κ3) is 6.90. The number of carbonyl (C=O) groups excluding carboxylic acids is 1. The molecule has 0 aliphatic carbocycles. The van der Waals surface area contributed by atoms with Crippen molar-refractivity contribution in [2.75, 3.05) is 26.3 Å². The first kappa shape index (κ1) is 29.5. The number of amides is 1. The highest BCUT2D eigenvalue weighted by molar-refractivity contribution is 7.89. The molecule has 5 atom stereocenters. The minimum Gasteiger partial charge on any atom is -0.443 e. The Morgan fingerprint density at radius 1 is 1.17 bits per heavy atom. The Morgan fingerprint density at radius 2 is 1.95 bits per heavy atom. The number of benzene rings is 2. The Kier molecular flexibility index (Phi) is 8.95. The number of hydrogen-bond acceptors (Lipinski definition) is 9. The summed E-state index contributed by atoms with van der Waals surface area (Å²) in [6, 6.07) is 13.1. The van der Waals surface area contributed by atoms with E-state index >= 15 is 0 Å². The van der Waals surface area contributed by atoms with E-state index in [0.717, 1.165) is 12.0 Å². The molecule has 3 heterocycles. The maximum atomic E-state index is 13.8. The number of hydrogen-bond donors (Lipinski definition) is 2. The zero-order valence-electron chi connectivity index (χ0n) is 23.4. The van der Waals surface area contributed by atoms with Crippen LogP contribution in [0, 0.1) is 18.8 Å². The first-order valence-corrected chi connectivity index (χ1v) is 15.3. The number of ether oxygens (including phenoxy) is 3. The molecular formula is C29H37N3O8S. The van der Waals surface area contributed by atoms with E-state index in [9.17, 15) is 18.3 Å². The smallest absolute Gasteiger partial charge is 0.407 e. The fraction of sp³-hybridized carbons (Fsp3) is 0.517. The van der Waals surface area contributed by atoms with E-state index in [0.29, 0.717) is 23.6 Å². The van der Waals surface area contributed by atoms with Crippen molar-refractivity contribution >= 4 is 27.2 Å². The Balaban J connectivity index is 1.35. The van der Waals surface area contributed by atoms with Gasteiger partial charge >= 0.3 is 6.09 Å². The highest BCUT2D eigenvalue weighted by Gasteiger charge is 2.44. The third-order valence-corrected chi connectivity index (χ3v) is 9.20. The highest BCUT2D eigenvalue weighted by Crippen LogP contribution is 2.33. The Hall–Kier alpha value is -3.03. The molecule has 0 spiro atoms. The molecule has 1 unspecified atom stereocenters. The van der Waals surface area contributed by atoms with E-state index in [1.165, 1.54) is 16.4 Å². The second kappa shape index (κ2) is 12.5. The molecule has 0 saturated carbocycles. The van der Waals surface area contributed by atoms with Crippen molar-refractivity contribution in [2.24, 2.45) is 11.8 Å². The van der Waals surface area contributed by atoms with E-state index in [1.807, 2.05) is 44.2 Å².